The van der Waals surface area contributed by atoms with E-state index in [1.807, 2.05) is 31.2 Å². The molecule has 0 fully saturated rings. The molecule has 2 aromatic carbocycles. The molecule has 0 aromatic heterocycles. The van der Waals surface area contributed by atoms with Crippen LogP contribution in [-0.2, 0) is 20.9 Å². The van der Waals surface area contributed by atoms with Crippen LogP contribution in [0, 0.1) is 6.92 Å². The average molecular weight is 407 g/mol. The zero-order valence-electron chi connectivity index (χ0n) is 17.3. The van der Waals surface area contributed by atoms with Crippen molar-refractivity contribution in [2.45, 2.75) is 39.7 Å². The molecule has 1 aliphatic rings. The van der Waals surface area contributed by atoms with Gasteiger partial charge in [0.05, 0.1) is 24.3 Å². The van der Waals surface area contributed by atoms with Gasteiger partial charge < -0.3 is 14.7 Å². The number of carbonyl (C=O) groups excluding carboxylic acids is 2. The Morgan fingerprint density at radius 3 is 2.53 bits per heavy atom. The maximum Gasteiger partial charge on any atom is 0.336 e. The van der Waals surface area contributed by atoms with Crippen LogP contribution in [0.1, 0.15) is 53.2 Å². The molecular formula is C24H25NO5. The molecule has 0 radical (unpaired) electrons. The van der Waals surface area contributed by atoms with Gasteiger partial charge in [-0.3, -0.25) is 4.79 Å². The molecule has 1 amide bonds. The second-order valence-electron chi connectivity index (χ2n) is 7.32. The molecule has 3 rings (SSSR count). The maximum atomic E-state index is 13.1. The third-order valence-corrected chi connectivity index (χ3v) is 5.40. The fourth-order valence-corrected chi connectivity index (χ4v) is 3.91. The fraction of sp³-hybridized carbons (Fsp3) is 0.292. The molecule has 30 heavy (non-hydrogen) atoms. The van der Waals surface area contributed by atoms with Crippen molar-refractivity contribution < 1.29 is 24.2 Å². The van der Waals surface area contributed by atoms with E-state index in [1.165, 1.54) is 6.07 Å². The number of rotatable bonds is 6. The van der Waals surface area contributed by atoms with Crippen molar-refractivity contribution in [1.82, 2.24) is 4.90 Å². The standard InChI is InChI=1S/C24H25NO5/c1-4-30-24(29)22-16(3)25(14-17-9-7-10-18(12-17)23(27)28)21(26)13-20(22)19-11-6-5-8-15(19)2/h5-12,20H,4,13-14H2,1-3H3,(H,27,28). The number of nitrogens with zero attached hydrogens (tertiary/aromatic N) is 1. The summed E-state index contributed by atoms with van der Waals surface area (Å²) in [4.78, 5) is 38.7. The Morgan fingerprint density at radius 1 is 1.13 bits per heavy atom. The van der Waals surface area contributed by atoms with E-state index in [-0.39, 0.29) is 37.0 Å². The molecule has 6 nitrogen and oxygen atoms in total. The summed E-state index contributed by atoms with van der Waals surface area (Å²) in [5.41, 5.74) is 3.79. The number of esters is 1. The monoisotopic (exact) mass is 407 g/mol. The van der Waals surface area contributed by atoms with Crippen molar-refractivity contribution in [3.8, 4) is 0 Å². The predicted molar refractivity (Wildman–Crippen MR) is 112 cm³/mol. The number of allylic oxidation sites excluding steroid dienone is 1. The zero-order chi connectivity index (χ0) is 21.8. The minimum absolute atomic E-state index is 0.116. The number of aromatic carboxylic acids is 1. The van der Waals surface area contributed by atoms with Gasteiger partial charge in [-0.05, 0) is 49.6 Å². The Bertz CT molecular complexity index is 1020. The maximum absolute atomic E-state index is 13.1. The Hall–Kier alpha value is -3.41. The van der Waals surface area contributed by atoms with Crippen LogP contribution in [0.15, 0.2) is 59.8 Å². The molecule has 1 heterocycles. The second kappa shape index (κ2) is 8.95. The zero-order valence-corrected chi connectivity index (χ0v) is 17.3. The summed E-state index contributed by atoms with van der Waals surface area (Å²) in [6.45, 7) is 5.89. The van der Waals surface area contributed by atoms with Gasteiger partial charge in [-0.15, -0.1) is 0 Å². The first-order chi connectivity index (χ1) is 14.3. The van der Waals surface area contributed by atoms with Crippen molar-refractivity contribution in [3.63, 3.8) is 0 Å². The molecule has 156 valence electrons. The molecule has 1 atom stereocenters. The third kappa shape index (κ3) is 4.27. The molecule has 2 aromatic rings. The van der Waals surface area contributed by atoms with E-state index in [1.54, 1.807) is 36.9 Å². The van der Waals surface area contributed by atoms with E-state index in [0.717, 1.165) is 11.1 Å². The first-order valence-corrected chi connectivity index (χ1v) is 9.89. The minimum Gasteiger partial charge on any atom is -0.478 e. The average Bonchev–Trinajstić information content (AvgIpc) is 2.71. The van der Waals surface area contributed by atoms with Crippen molar-refractivity contribution in [2.24, 2.45) is 0 Å². The first kappa shape index (κ1) is 21.3. The lowest BCUT2D eigenvalue weighted by Crippen LogP contribution is -2.38. The Labute approximate surface area is 175 Å². The molecule has 1 aliphatic heterocycles. The van der Waals surface area contributed by atoms with Crippen molar-refractivity contribution in [3.05, 3.63) is 82.1 Å². The van der Waals surface area contributed by atoms with E-state index < -0.39 is 11.9 Å². The van der Waals surface area contributed by atoms with Gasteiger partial charge in [0.15, 0.2) is 0 Å². The Balaban J connectivity index is 2.04. The number of carboxylic acid groups (broad SMARTS) is 1. The lowest BCUT2D eigenvalue weighted by molar-refractivity contribution is -0.140. The van der Waals surface area contributed by atoms with Crippen LogP contribution in [0.2, 0.25) is 0 Å². The summed E-state index contributed by atoms with van der Waals surface area (Å²) in [5.74, 6) is -1.95. The van der Waals surface area contributed by atoms with Crippen LogP contribution in [0.5, 0.6) is 0 Å². The Morgan fingerprint density at radius 2 is 1.87 bits per heavy atom. The van der Waals surface area contributed by atoms with Crippen LogP contribution in [0.3, 0.4) is 0 Å². The van der Waals surface area contributed by atoms with Gasteiger partial charge in [-0.2, -0.15) is 0 Å². The lowest BCUT2D eigenvalue weighted by Gasteiger charge is -2.35. The molecule has 0 saturated carbocycles. The van der Waals surface area contributed by atoms with E-state index in [4.69, 9.17) is 4.74 Å². The van der Waals surface area contributed by atoms with Crippen molar-refractivity contribution in [2.75, 3.05) is 6.61 Å². The number of ether oxygens (including phenoxy) is 1. The topological polar surface area (TPSA) is 83.9 Å². The number of amides is 1. The van der Waals surface area contributed by atoms with E-state index in [0.29, 0.717) is 16.8 Å². The summed E-state index contributed by atoms with van der Waals surface area (Å²) in [6.07, 6.45) is 0.148. The summed E-state index contributed by atoms with van der Waals surface area (Å²) >= 11 is 0. The van der Waals surface area contributed by atoms with Gasteiger partial charge in [0.2, 0.25) is 5.91 Å². The molecule has 0 saturated heterocycles. The van der Waals surface area contributed by atoms with Crippen LogP contribution >= 0.6 is 0 Å². The molecule has 0 aliphatic carbocycles. The smallest absolute Gasteiger partial charge is 0.336 e. The van der Waals surface area contributed by atoms with Crippen LogP contribution in [0.25, 0.3) is 0 Å². The highest BCUT2D eigenvalue weighted by Gasteiger charge is 2.37. The predicted octanol–water partition coefficient (Wildman–Crippen LogP) is 4.05. The fourth-order valence-electron chi connectivity index (χ4n) is 3.91. The number of hydrogen-bond acceptors (Lipinski definition) is 4. The lowest BCUT2D eigenvalue weighted by atomic mass is 9.81. The highest BCUT2D eigenvalue weighted by atomic mass is 16.5. The summed E-state index contributed by atoms with van der Waals surface area (Å²) in [5, 5.41) is 9.23. The molecule has 1 N–H and O–H groups in total. The number of benzene rings is 2. The van der Waals surface area contributed by atoms with Crippen LogP contribution in [0.4, 0.5) is 0 Å². The normalized spacial score (nSPS) is 16.6. The van der Waals surface area contributed by atoms with Crippen LogP contribution in [-0.4, -0.2) is 34.5 Å². The number of aryl methyl sites for hydroxylation is 1. The van der Waals surface area contributed by atoms with E-state index >= 15 is 0 Å². The largest absolute Gasteiger partial charge is 0.478 e. The molecule has 1 unspecified atom stereocenters. The third-order valence-electron chi connectivity index (χ3n) is 5.40. The van der Waals surface area contributed by atoms with Crippen molar-refractivity contribution in [1.29, 1.82) is 0 Å². The minimum atomic E-state index is -1.03. The van der Waals surface area contributed by atoms with Gasteiger partial charge in [-0.25, -0.2) is 9.59 Å². The van der Waals surface area contributed by atoms with Gasteiger partial charge >= 0.3 is 11.9 Å². The number of carbonyl (C=O) groups is 3. The molecule has 0 bridgehead atoms. The van der Waals surface area contributed by atoms with Gasteiger partial charge in [0.25, 0.3) is 0 Å². The Kier molecular flexibility index (Phi) is 6.35. The SMILES string of the molecule is CCOC(=O)C1=C(C)N(Cc2cccc(C(=O)O)c2)C(=O)CC1c1ccccc1C. The second-order valence-corrected chi connectivity index (χ2v) is 7.32. The quantitative estimate of drug-likeness (QED) is 0.731. The van der Waals surface area contributed by atoms with Crippen molar-refractivity contribution >= 4 is 17.8 Å². The summed E-state index contributed by atoms with van der Waals surface area (Å²) in [7, 11) is 0. The van der Waals surface area contributed by atoms with E-state index in [2.05, 4.69) is 0 Å². The van der Waals surface area contributed by atoms with Crippen LogP contribution < -0.4 is 0 Å². The number of hydrogen-bond donors (Lipinski definition) is 1. The molecule has 6 heteroatoms. The van der Waals surface area contributed by atoms with E-state index in [9.17, 15) is 19.5 Å². The highest BCUT2D eigenvalue weighted by Crippen LogP contribution is 2.38. The van der Waals surface area contributed by atoms with Gasteiger partial charge in [-0.1, -0.05) is 36.4 Å². The first-order valence-electron chi connectivity index (χ1n) is 9.89. The number of carboxylic acids is 1. The molecular weight excluding hydrogens is 382 g/mol. The summed E-state index contributed by atoms with van der Waals surface area (Å²) in [6, 6.07) is 14.2. The van der Waals surface area contributed by atoms with Gasteiger partial charge in [0.1, 0.15) is 0 Å². The highest BCUT2D eigenvalue weighted by molar-refractivity contribution is 5.96. The van der Waals surface area contributed by atoms with Gasteiger partial charge in [0, 0.05) is 18.0 Å². The molecule has 0 spiro atoms. The summed E-state index contributed by atoms with van der Waals surface area (Å²) < 4.78 is 5.32.